The first-order chi connectivity index (χ1) is 10.1. The van der Waals surface area contributed by atoms with Crippen molar-refractivity contribution in [3.8, 4) is 6.07 Å². The highest BCUT2D eigenvalue weighted by molar-refractivity contribution is 6.31. The van der Waals surface area contributed by atoms with E-state index in [1.807, 2.05) is 18.2 Å². The Labute approximate surface area is 129 Å². The second-order valence-corrected chi connectivity index (χ2v) is 6.08. The summed E-state index contributed by atoms with van der Waals surface area (Å²) in [5, 5.41) is 11.1. The van der Waals surface area contributed by atoms with E-state index in [-0.39, 0.29) is 0 Å². The highest BCUT2D eigenvalue weighted by Crippen LogP contribution is 2.33. The van der Waals surface area contributed by atoms with E-state index in [0.29, 0.717) is 16.6 Å². The number of halogens is 1. The van der Waals surface area contributed by atoms with Crippen molar-refractivity contribution in [2.75, 3.05) is 32.1 Å². The molecule has 1 aromatic heterocycles. The van der Waals surface area contributed by atoms with Gasteiger partial charge in [-0.2, -0.15) is 5.26 Å². The van der Waals surface area contributed by atoms with Crippen LogP contribution in [0.15, 0.2) is 24.4 Å². The van der Waals surface area contributed by atoms with Crippen molar-refractivity contribution in [2.24, 2.45) is 0 Å². The molecule has 2 aromatic rings. The van der Waals surface area contributed by atoms with Gasteiger partial charge in [-0.15, -0.1) is 0 Å². The van der Waals surface area contributed by atoms with Gasteiger partial charge in [0.2, 0.25) is 0 Å². The molecule has 1 saturated heterocycles. The molecule has 1 aliphatic heterocycles. The van der Waals surface area contributed by atoms with Crippen molar-refractivity contribution in [1.29, 1.82) is 5.26 Å². The van der Waals surface area contributed by atoms with Gasteiger partial charge in [-0.05, 0) is 38.7 Å². The van der Waals surface area contributed by atoms with E-state index in [0.717, 1.165) is 36.1 Å². The summed E-state index contributed by atoms with van der Waals surface area (Å²) in [6.45, 7) is 1.87. The van der Waals surface area contributed by atoms with Crippen LogP contribution in [0, 0.1) is 11.3 Å². The zero-order chi connectivity index (χ0) is 15.0. The Morgan fingerprint density at radius 1 is 1.43 bits per heavy atom. The number of benzene rings is 1. The van der Waals surface area contributed by atoms with Crippen molar-refractivity contribution in [3.63, 3.8) is 0 Å². The summed E-state index contributed by atoms with van der Waals surface area (Å²) in [6, 6.07) is 8.42. The molecule has 1 aliphatic rings. The Morgan fingerprint density at radius 2 is 2.24 bits per heavy atom. The Kier molecular flexibility index (Phi) is 3.71. The minimum absolute atomic E-state index is 0.513. The second kappa shape index (κ2) is 5.51. The predicted octanol–water partition coefficient (Wildman–Crippen LogP) is 2.90. The van der Waals surface area contributed by atoms with Crippen LogP contribution >= 0.6 is 11.6 Å². The Bertz CT molecular complexity index is 720. The lowest BCUT2D eigenvalue weighted by Gasteiger charge is -2.23. The van der Waals surface area contributed by atoms with Crippen LogP contribution in [0.4, 0.5) is 5.69 Å². The van der Waals surface area contributed by atoms with E-state index in [2.05, 4.69) is 34.9 Å². The van der Waals surface area contributed by atoms with Crippen LogP contribution in [-0.2, 0) is 0 Å². The molecule has 0 spiro atoms. The number of rotatable bonds is 2. The normalized spacial score (nSPS) is 18.4. The summed E-state index contributed by atoms with van der Waals surface area (Å²) in [7, 11) is 4.20. The van der Waals surface area contributed by atoms with E-state index in [1.165, 1.54) is 0 Å². The molecule has 1 unspecified atom stereocenters. The minimum atomic E-state index is 0.513. The number of anilines is 1. The molecular formula is C16H17ClN4. The molecule has 0 bridgehead atoms. The maximum Gasteiger partial charge on any atom is 0.103 e. The fraction of sp³-hybridized carbons (Fsp3) is 0.375. The largest absolute Gasteiger partial charge is 0.368 e. The van der Waals surface area contributed by atoms with Crippen LogP contribution in [0.25, 0.3) is 10.9 Å². The van der Waals surface area contributed by atoms with Crippen molar-refractivity contribution < 1.29 is 0 Å². The topological polar surface area (TPSA) is 43.2 Å². The lowest BCUT2D eigenvalue weighted by Crippen LogP contribution is -2.31. The molecule has 0 saturated carbocycles. The minimum Gasteiger partial charge on any atom is -0.368 e. The van der Waals surface area contributed by atoms with Gasteiger partial charge in [0.15, 0.2) is 0 Å². The van der Waals surface area contributed by atoms with E-state index < -0.39 is 0 Å². The fourth-order valence-electron chi connectivity index (χ4n) is 2.94. The molecule has 0 N–H and O–H groups in total. The Morgan fingerprint density at radius 3 is 2.90 bits per heavy atom. The Balaban J connectivity index is 2.12. The standard InChI is InChI=1S/C16H17ClN4/c1-20(2)13-5-6-21(10-13)16-11(8-18)9-19-15-4-3-12(17)7-14(15)16/h3-4,7,9,13H,5-6,10H2,1-2H3. The number of hydrogen-bond acceptors (Lipinski definition) is 4. The quantitative estimate of drug-likeness (QED) is 0.855. The molecule has 108 valence electrons. The van der Waals surface area contributed by atoms with Gasteiger partial charge in [-0.1, -0.05) is 11.6 Å². The predicted molar refractivity (Wildman–Crippen MR) is 85.8 cm³/mol. The molecule has 2 heterocycles. The zero-order valence-electron chi connectivity index (χ0n) is 12.2. The van der Waals surface area contributed by atoms with E-state index in [1.54, 1.807) is 6.20 Å². The molecular weight excluding hydrogens is 284 g/mol. The smallest absolute Gasteiger partial charge is 0.103 e. The summed E-state index contributed by atoms with van der Waals surface area (Å²) in [5.74, 6) is 0. The third-order valence-corrected chi connectivity index (χ3v) is 4.37. The van der Waals surface area contributed by atoms with Gasteiger partial charge in [0.25, 0.3) is 0 Å². The first-order valence-corrected chi connectivity index (χ1v) is 7.37. The number of fused-ring (bicyclic) bond motifs is 1. The summed E-state index contributed by atoms with van der Waals surface area (Å²) in [6.07, 6.45) is 2.76. The molecule has 21 heavy (non-hydrogen) atoms. The maximum absolute atomic E-state index is 9.42. The number of pyridine rings is 1. The van der Waals surface area contributed by atoms with Gasteiger partial charge in [0, 0.05) is 35.7 Å². The summed E-state index contributed by atoms with van der Waals surface area (Å²) < 4.78 is 0. The van der Waals surface area contributed by atoms with E-state index in [9.17, 15) is 5.26 Å². The highest BCUT2D eigenvalue weighted by Gasteiger charge is 2.27. The number of nitriles is 1. The molecule has 0 amide bonds. The van der Waals surface area contributed by atoms with Gasteiger partial charge in [0.05, 0.1) is 16.8 Å². The average Bonchev–Trinajstić information content (AvgIpc) is 2.95. The third kappa shape index (κ3) is 2.55. The average molecular weight is 301 g/mol. The summed E-state index contributed by atoms with van der Waals surface area (Å²) in [5.41, 5.74) is 2.46. The van der Waals surface area contributed by atoms with Gasteiger partial charge < -0.3 is 9.80 Å². The molecule has 3 rings (SSSR count). The van der Waals surface area contributed by atoms with E-state index in [4.69, 9.17) is 11.6 Å². The van der Waals surface area contributed by atoms with Crippen LogP contribution in [0.2, 0.25) is 5.02 Å². The van der Waals surface area contributed by atoms with Gasteiger partial charge in [0.1, 0.15) is 6.07 Å². The van der Waals surface area contributed by atoms with Crippen LogP contribution in [0.1, 0.15) is 12.0 Å². The van der Waals surface area contributed by atoms with Crippen molar-refractivity contribution in [3.05, 3.63) is 35.0 Å². The SMILES string of the molecule is CN(C)C1CCN(c2c(C#N)cnc3ccc(Cl)cc23)C1. The zero-order valence-corrected chi connectivity index (χ0v) is 12.9. The van der Waals surface area contributed by atoms with Crippen LogP contribution in [-0.4, -0.2) is 43.1 Å². The lowest BCUT2D eigenvalue weighted by molar-refractivity contribution is 0.315. The van der Waals surface area contributed by atoms with Gasteiger partial charge >= 0.3 is 0 Å². The van der Waals surface area contributed by atoms with Crippen molar-refractivity contribution in [2.45, 2.75) is 12.5 Å². The molecule has 4 nitrogen and oxygen atoms in total. The van der Waals surface area contributed by atoms with Crippen LogP contribution in [0.3, 0.4) is 0 Å². The first kappa shape index (κ1) is 14.1. The number of likely N-dealkylation sites (N-methyl/N-ethyl adjacent to an activating group) is 1. The Hall–Kier alpha value is -1.83. The molecule has 1 fully saturated rings. The third-order valence-electron chi connectivity index (χ3n) is 4.13. The highest BCUT2D eigenvalue weighted by atomic mass is 35.5. The number of aromatic nitrogens is 1. The van der Waals surface area contributed by atoms with Gasteiger partial charge in [-0.25, -0.2) is 0 Å². The lowest BCUT2D eigenvalue weighted by atomic mass is 10.1. The summed E-state index contributed by atoms with van der Waals surface area (Å²) >= 11 is 6.13. The van der Waals surface area contributed by atoms with E-state index >= 15 is 0 Å². The van der Waals surface area contributed by atoms with Crippen molar-refractivity contribution in [1.82, 2.24) is 9.88 Å². The molecule has 5 heteroatoms. The fourth-order valence-corrected chi connectivity index (χ4v) is 3.11. The maximum atomic E-state index is 9.42. The number of hydrogen-bond donors (Lipinski definition) is 0. The van der Waals surface area contributed by atoms with Gasteiger partial charge in [-0.3, -0.25) is 4.98 Å². The van der Waals surface area contributed by atoms with Crippen molar-refractivity contribution >= 4 is 28.2 Å². The monoisotopic (exact) mass is 300 g/mol. The molecule has 1 aromatic carbocycles. The van der Waals surface area contributed by atoms with Crippen LogP contribution < -0.4 is 4.90 Å². The first-order valence-electron chi connectivity index (χ1n) is 7.00. The molecule has 1 atom stereocenters. The number of nitrogens with zero attached hydrogens (tertiary/aromatic N) is 4. The summed E-state index contributed by atoms with van der Waals surface area (Å²) in [4.78, 5) is 8.88. The van der Waals surface area contributed by atoms with Crippen LogP contribution in [0.5, 0.6) is 0 Å². The molecule has 0 radical (unpaired) electrons. The molecule has 0 aliphatic carbocycles. The second-order valence-electron chi connectivity index (χ2n) is 5.65.